The first kappa shape index (κ1) is 95.1. The van der Waals surface area contributed by atoms with Crippen LogP contribution in [0.15, 0.2) is 0 Å². The summed E-state index contributed by atoms with van der Waals surface area (Å²) in [6, 6.07) is 0. The molecule has 0 aromatic carbocycles. The van der Waals surface area contributed by atoms with Gasteiger partial charge in [0.2, 0.25) is 0 Å². The number of aliphatic hydroxyl groups is 1. The summed E-state index contributed by atoms with van der Waals surface area (Å²) in [4.78, 5) is 72.9. The van der Waals surface area contributed by atoms with E-state index in [1.807, 2.05) is 0 Å². The van der Waals surface area contributed by atoms with E-state index in [0.29, 0.717) is 25.7 Å². The lowest BCUT2D eigenvalue weighted by Crippen LogP contribution is -2.30. The van der Waals surface area contributed by atoms with E-state index in [-0.39, 0.29) is 25.7 Å². The number of phosphoric acid groups is 2. The van der Waals surface area contributed by atoms with E-state index in [0.717, 1.165) is 95.8 Å². The molecule has 0 fully saturated rings. The first-order valence-corrected chi connectivity index (χ1v) is 43.7. The normalized spacial score (nSPS) is 14.2. The SMILES string of the molecule is CCCCCCCCCCCCCCCCCCCCCC(=O)O[C@H](COC(=O)CCCCCCCCCCCCCCC)COP(=O)(O)OC[C@@H](O)COP(=O)(O)OC[C@@H](COC(=O)CCCCCCCCCCC(C)CC)OC(=O)CCCCCCCCCCCCCCC. The Morgan fingerprint density at radius 2 is 0.495 bits per heavy atom. The van der Waals surface area contributed by atoms with Crippen molar-refractivity contribution in [2.24, 2.45) is 5.92 Å². The van der Waals surface area contributed by atoms with E-state index in [4.69, 9.17) is 37.0 Å². The Hall–Kier alpha value is -1.94. The predicted octanol–water partition coefficient (Wildman–Crippen LogP) is 23.3. The Morgan fingerprint density at radius 3 is 0.732 bits per heavy atom. The minimum atomic E-state index is -4.96. The molecule has 0 rings (SSSR count). The molecule has 0 saturated carbocycles. The van der Waals surface area contributed by atoms with Crippen LogP contribution < -0.4 is 0 Å². The standard InChI is InChI=1S/C78H152O17P2/c1-6-10-13-16-19-22-25-28-29-30-31-32-33-36-39-42-49-54-59-64-78(83)94-73(67-88-75(80)61-56-51-46-40-37-34-26-23-20-17-14-11-7-2)69-92-96(84,85)90-65-72(79)66-91-97(86,87)93-70-74(68-89-76(81)62-57-52-47-44-43-45-50-55-60-71(5)9-4)95-77(82)63-58-53-48-41-38-35-27-24-21-18-15-12-8-3/h71-74,79H,6-70H2,1-5H3,(H,84,85)(H,86,87)/t71?,72-,73-,74-/m1/s1. The van der Waals surface area contributed by atoms with Gasteiger partial charge >= 0.3 is 39.5 Å². The summed E-state index contributed by atoms with van der Waals surface area (Å²) >= 11 is 0. The maximum Gasteiger partial charge on any atom is 0.472 e. The van der Waals surface area contributed by atoms with E-state index in [2.05, 4.69) is 34.6 Å². The second kappa shape index (κ2) is 71.1. The van der Waals surface area contributed by atoms with Gasteiger partial charge in [-0.05, 0) is 31.6 Å². The van der Waals surface area contributed by atoms with Gasteiger partial charge in [0.25, 0.3) is 0 Å². The van der Waals surface area contributed by atoms with Crippen molar-refractivity contribution in [1.29, 1.82) is 0 Å². The van der Waals surface area contributed by atoms with Gasteiger partial charge in [-0.25, -0.2) is 9.13 Å². The lowest BCUT2D eigenvalue weighted by Gasteiger charge is -2.21. The second-order valence-corrected chi connectivity index (χ2v) is 31.3. The van der Waals surface area contributed by atoms with Gasteiger partial charge in [0.15, 0.2) is 12.2 Å². The van der Waals surface area contributed by atoms with Gasteiger partial charge in [-0.2, -0.15) is 0 Å². The molecule has 3 N–H and O–H groups in total. The Kier molecular flexibility index (Phi) is 69.6. The minimum absolute atomic E-state index is 0.108. The number of carbonyl (C=O) groups is 4. The van der Waals surface area contributed by atoms with Crippen LogP contribution in [0.3, 0.4) is 0 Å². The number of phosphoric ester groups is 2. The largest absolute Gasteiger partial charge is 0.472 e. The fourth-order valence-corrected chi connectivity index (χ4v) is 13.6. The van der Waals surface area contributed by atoms with Crippen molar-refractivity contribution < 1.29 is 80.2 Å². The molecule has 0 heterocycles. The molecule has 17 nitrogen and oxygen atoms in total. The van der Waals surface area contributed by atoms with E-state index in [1.54, 1.807) is 0 Å². The van der Waals surface area contributed by atoms with Crippen molar-refractivity contribution in [3.63, 3.8) is 0 Å². The van der Waals surface area contributed by atoms with Crippen molar-refractivity contribution in [2.75, 3.05) is 39.6 Å². The van der Waals surface area contributed by atoms with Crippen molar-refractivity contribution in [2.45, 2.75) is 432 Å². The van der Waals surface area contributed by atoms with Gasteiger partial charge < -0.3 is 33.8 Å². The molecule has 576 valence electrons. The van der Waals surface area contributed by atoms with Gasteiger partial charge in [-0.3, -0.25) is 37.3 Å². The van der Waals surface area contributed by atoms with Gasteiger partial charge in [0, 0.05) is 25.7 Å². The quantitative estimate of drug-likeness (QED) is 0.0222. The molecule has 0 aliphatic rings. The number of carbonyl (C=O) groups excluding carboxylic acids is 4. The minimum Gasteiger partial charge on any atom is -0.462 e. The molecular formula is C78H152O17P2. The molecular weight excluding hydrogens is 1270 g/mol. The van der Waals surface area contributed by atoms with Crippen LogP contribution in [-0.4, -0.2) is 96.7 Å². The fourth-order valence-electron chi connectivity index (χ4n) is 12.0. The monoisotopic (exact) mass is 1420 g/mol. The summed E-state index contributed by atoms with van der Waals surface area (Å²) < 4.78 is 68.6. The van der Waals surface area contributed by atoms with Crippen LogP contribution in [0.1, 0.15) is 413 Å². The average molecular weight is 1420 g/mol. The molecule has 0 radical (unpaired) electrons. The third-order valence-electron chi connectivity index (χ3n) is 18.6. The number of aliphatic hydroxyl groups excluding tert-OH is 1. The van der Waals surface area contributed by atoms with E-state index < -0.39 is 97.5 Å². The zero-order valence-electron chi connectivity index (χ0n) is 63.2. The third kappa shape index (κ3) is 70.9. The number of rotatable bonds is 78. The molecule has 3 unspecified atom stereocenters. The highest BCUT2D eigenvalue weighted by atomic mass is 31.2. The van der Waals surface area contributed by atoms with E-state index >= 15 is 0 Å². The number of hydrogen-bond acceptors (Lipinski definition) is 15. The molecule has 0 bridgehead atoms. The second-order valence-electron chi connectivity index (χ2n) is 28.3. The molecule has 0 aliphatic carbocycles. The number of esters is 4. The molecule has 0 amide bonds. The van der Waals surface area contributed by atoms with Crippen LogP contribution in [0.2, 0.25) is 0 Å². The lowest BCUT2D eigenvalue weighted by molar-refractivity contribution is -0.161. The highest BCUT2D eigenvalue weighted by Crippen LogP contribution is 2.45. The lowest BCUT2D eigenvalue weighted by atomic mass is 9.99. The predicted molar refractivity (Wildman–Crippen MR) is 395 cm³/mol. The number of unbranched alkanes of at least 4 members (excludes halogenated alkanes) is 49. The van der Waals surface area contributed by atoms with Gasteiger partial charge in [-0.15, -0.1) is 0 Å². The molecule has 0 aromatic rings. The van der Waals surface area contributed by atoms with E-state index in [1.165, 1.54) is 238 Å². The summed E-state index contributed by atoms with van der Waals surface area (Å²) in [5.74, 6) is -1.33. The number of ether oxygens (including phenoxy) is 4. The van der Waals surface area contributed by atoms with Crippen LogP contribution in [0.5, 0.6) is 0 Å². The highest BCUT2D eigenvalue weighted by molar-refractivity contribution is 7.47. The maximum atomic E-state index is 13.1. The average Bonchev–Trinajstić information content (AvgIpc) is 1.24. The summed E-state index contributed by atoms with van der Waals surface area (Å²) in [5, 5.41) is 10.6. The Morgan fingerprint density at radius 1 is 0.289 bits per heavy atom. The number of hydrogen-bond donors (Lipinski definition) is 3. The Balaban J connectivity index is 5.24. The fraction of sp³-hybridized carbons (Fsp3) is 0.949. The van der Waals surface area contributed by atoms with Crippen molar-refractivity contribution in [1.82, 2.24) is 0 Å². The van der Waals surface area contributed by atoms with Crippen molar-refractivity contribution in [3.05, 3.63) is 0 Å². The molecule has 0 aliphatic heterocycles. The molecule has 0 aromatic heterocycles. The molecule has 6 atom stereocenters. The van der Waals surface area contributed by atoms with Crippen molar-refractivity contribution >= 4 is 39.5 Å². The summed E-state index contributed by atoms with van der Waals surface area (Å²) in [6.07, 6.45) is 60.9. The van der Waals surface area contributed by atoms with Gasteiger partial charge in [0.1, 0.15) is 19.3 Å². The van der Waals surface area contributed by atoms with Crippen LogP contribution >= 0.6 is 15.6 Å². The van der Waals surface area contributed by atoms with Gasteiger partial charge in [-0.1, -0.05) is 362 Å². The molecule has 97 heavy (non-hydrogen) atoms. The highest BCUT2D eigenvalue weighted by Gasteiger charge is 2.30. The zero-order valence-corrected chi connectivity index (χ0v) is 65.0. The smallest absolute Gasteiger partial charge is 0.462 e. The first-order valence-electron chi connectivity index (χ1n) is 40.7. The Labute approximate surface area is 594 Å². The van der Waals surface area contributed by atoms with Gasteiger partial charge in [0.05, 0.1) is 26.4 Å². The van der Waals surface area contributed by atoms with Crippen LogP contribution in [0.25, 0.3) is 0 Å². The molecule has 19 heteroatoms. The topological polar surface area (TPSA) is 237 Å². The molecule has 0 spiro atoms. The summed E-state index contributed by atoms with van der Waals surface area (Å²) in [6.45, 7) is 7.32. The van der Waals surface area contributed by atoms with E-state index in [9.17, 15) is 43.2 Å². The van der Waals surface area contributed by atoms with Crippen molar-refractivity contribution in [3.8, 4) is 0 Å². The van der Waals surface area contributed by atoms with Crippen LogP contribution in [-0.2, 0) is 65.4 Å². The third-order valence-corrected chi connectivity index (χ3v) is 20.5. The summed E-state index contributed by atoms with van der Waals surface area (Å²) in [7, 11) is -9.91. The Bertz CT molecular complexity index is 1860. The summed E-state index contributed by atoms with van der Waals surface area (Å²) in [5.41, 5.74) is 0. The maximum absolute atomic E-state index is 13.1. The van der Waals surface area contributed by atoms with Crippen LogP contribution in [0.4, 0.5) is 0 Å². The van der Waals surface area contributed by atoms with Crippen LogP contribution in [0, 0.1) is 5.92 Å². The molecule has 0 saturated heterocycles. The first-order chi connectivity index (χ1) is 47.1. The zero-order chi connectivity index (χ0) is 71.2.